The van der Waals surface area contributed by atoms with Crippen LogP contribution in [0, 0.1) is 0 Å². The van der Waals surface area contributed by atoms with E-state index < -0.39 is 6.04 Å². The van der Waals surface area contributed by atoms with Gasteiger partial charge in [0.15, 0.2) is 0 Å². The molecule has 2 heterocycles. The molecule has 0 spiro atoms. The maximum absolute atomic E-state index is 12.9. The van der Waals surface area contributed by atoms with Crippen LogP contribution in [0.5, 0.6) is 0 Å². The highest BCUT2D eigenvalue weighted by Crippen LogP contribution is 2.27. The number of hydrogen-bond acceptors (Lipinski definition) is 3. The van der Waals surface area contributed by atoms with Crippen LogP contribution in [0.1, 0.15) is 42.7 Å². The zero-order valence-corrected chi connectivity index (χ0v) is 17.5. The maximum atomic E-state index is 12.9. The van der Waals surface area contributed by atoms with Crippen molar-refractivity contribution in [2.45, 2.75) is 37.6 Å². The van der Waals surface area contributed by atoms with Crippen LogP contribution in [0.2, 0.25) is 0 Å². The molecule has 2 fully saturated rings. The van der Waals surface area contributed by atoms with Gasteiger partial charge in [-0.05, 0) is 30.4 Å². The Labute approximate surface area is 179 Å². The first-order valence-electron chi connectivity index (χ1n) is 11.1. The average Bonchev–Trinajstić information content (AvgIpc) is 2.81. The van der Waals surface area contributed by atoms with Crippen LogP contribution >= 0.6 is 0 Å². The van der Waals surface area contributed by atoms with Gasteiger partial charge in [-0.25, -0.2) is 0 Å². The molecule has 30 heavy (non-hydrogen) atoms. The van der Waals surface area contributed by atoms with Crippen molar-refractivity contribution in [1.29, 1.82) is 0 Å². The number of piperidine rings is 1. The first kappa shape index (κ1) is 20.6. The topological polar surface area (TPSA) is 52.7 Å². The van der Waals surface area contributed by atoms with E-state index in [4.69, 9.17) is 0 Å². The minimum Gasteiger partial charge on any atom is -0.353 e. The van der Waals surface area contributed by atoms with Crippen molar-refractivity contribution in [3.05, 3.63) is 71.8 Å². The van der Waals surface area contributed by atoms with E-state index in [1.54, 1.807) is 0 Å². The summed E-state index contributed by atoms with van der Waals surface area (Å²) in [6.45, 7) is 3.76. The maximum Gasteiger partial charge on any atom is 0.237 e. The van der Waals surface area contributed by atoms with Gasteiger partial charge in [0, 0.05) is 38.6 Å². The van der Waals surface area contributed by atoms with Crippen LogP contribution in [0.4, 0.5) is 0 Å². The van der Waals surface area contributed by atoms with E-state index in [1.807, 2.05) is 17.0 Å². The zero-order valence-electron chi connectivity index (χ0n) is 17.5. The number of rotatable bonds is 6. The summed E-state index contributed by atoms with van der Waals surface area (Å²) in [5.74, 6) is 0.245. The number of carbonyl (C=O) groups is 2. The molecule has 5 heteroatoms. The fourth-order valence-corrected chi connectivity index (χ4v) is 4.65. The van der Waals surface area contributed by atoms with Crippen molar-refractivity contribution < 1.29 is 9.59 Å². The standard InChI is InChI=1S/C25H31N3O2/c29-24(27-15-8-3-9-16-27)18-23-25(30)26-14-17-28(23)19-22(20-10-4-1-5-11-20)21-12-6-2-7-13-21/h1-2,4-7,10-13,22-23H,3,8-9,14-19H2,(H,26,30). The Kier molecular flexibility index (Phi) is 6.80. The van der Waals surface area contributed by atoms with Crippen LogP contribution in [0.15, 0.2) is 60.7 Å². The molecule has 0 saturated carbocycles. The van der Waals surface area contributed by atoms with Crippen molar-refractivity contribution >= 4 is 11.8 Å². The molecular formula is C25H31N3O2. The molecule has 2 aliphatic rings. The first-order valence-corrected chi connectivity index (χ1v) is 11.1. The molecule has 4 rings (SSSR count). The molecule has 5 nitrogen and oxygen atoms in total. The molecule has 1 atom stereocenters. The van der Waals surface area contributed by atoms with Crippen molar-refractivity contribution in [3.8, 4) is 0 Å². The monoisotopic (exact) mass is 405 g/mol. The molecule has 2 saturated heterocycles. The van der Waals surface area contributed by atoms with Crippen LogP contribution in [-0.4, -0.2) is 60.4 Å². The summed E-state index contributed by atoms with van der Waals surface area (Å²) in [6, 6.07) is 20.5. The van der Waals surface area contributed by atoms with E-state index in [1.165, 1.54) is 17.5 Å². The van der Waals surface area contributed by atoms with Crippen LogP contribution < -0.4 is 5.32 Å². The number of nitrogens with zero attached hydrogens (tertiary/aromatic N) is 2. The SMILES string of the molecule is O=C1NCCN(CC(c2ccccc2)c2ccccc2)C1CC(=O)N1CCCCC1. The van der Waals surface area contributed by atoms with Gasteiger partial charge in [0.25, 0.3) is 0 Å². The zero-order chi connectivity index (χ0) is 20.8. The fourth-order valence-electron chi connectivity index (χ4n) is 4.65. The number of benzene rings is 2. The van der Waals surface area contributed by atoms with Gasteiger partial charge in [-0.3, -0.25) is 14.5 Å². The van der Waals surface area contributed by atoms with Gasteiger partial charge in [-0.15, -0.1) is 0 Å². The van der Waals surface area contributed by atoms with Crippen LogP contribution in [0.3, 0.4) is 0 Å². The van der Waals surface area contributed by atoms with Crippen molar-refractivity contribution in [1.82, 2.24) is 15.1 Å². The van der Waals surface area contributed by atoms with Crippen molar-refractivity contribution in [2.24, 2.45) is 0 Å². The quantitative estimate of drug-likeness (QED) is 0.804. The van der Waals surface area contributed by atoms with Gasteiger partial charge in [-0.2, -0.15) is 0 Å². The highest BCUT2D eigenvalue weighted by molar-refractivity contribution is 5.88. The lowest BCUT2D eigenvalue weighted by Gasteiger charge is -2.38. The summed E-state index contributed by atoms with van der Waals surface area (Å²) < 4.78 is 0. The van der Waals surface area contributed by atoms with E-state index in [2.05, 4.69) is 58.7 Å². The Hall–Kier alpha value is -2.66. The third-order valence-electron chi connectivity index (χ3n) is 6.34. The summed E-state index contributed by atoms with van der Waals surface area (Å²) >= 11 is 0. The number of carbonyl (C=O) groups excluding carboxylic acids is 2. The molecule has 2 aliphatic heterocycles. The smallest absolute Gasteiger partial charge is 0.237 e. The molecule has 0 bridgehead atoms. The van der Waals surface area contributed by atoms with Gasteiger partial charge in [0.1, 0.15) is 0 Å². The van der Waals surface area contributed by atoms with Gasteiger partial charge in [0.2, 0.25) is 11.8 Å². The highest BCUT2D eigenvalue weighted by atomic mass is 16.2. The Morgan fingerprint density at radius 3 is 2.10 bits per heavy atom. The molecule has 1 unspecified atom stereocenters. The van der Waals surface area contributed by atoms with Gasteiger partial charge < -0.3 is 10.2 Å². The molecule has 2 aromatic rings. The average molecular weight is 406 g/mol. The number of piperazine rings is 1. The Morgan fingerprint density at radius 1 is 0.900 bits per heavy atom. The Balaban J connectivity index is 1.54. The lowest BCUT2D eigenvalue weighted by Crippen LogP contribution is -2.57. The molecule has 0 aromatic heterocycles. The Morgan fingerprint density at radius 2 is 1.50 bits per heavy atom. The number of nitrogens with one attached hydrogen (secondary N) is 1. The second kappa shape index (κ2) is 9.90. The number of hydrogen-bond donors (Lipinski definition) is 1. The Bertz CT molecular complexity index is 794. The number of amides is 2. The molecule has 158 valence electrons. The molecule has 0 aliphatic carbocycles. The lowest BCUT2D eigenvalue weighted by atomic mass is 9.90. The van der Waals surface area contributed by atoms with E-state index in [0.29, 0.717) is 6.54 Å². The minimum atomic E-state index is -0.400. The van der Waals surface area contributed by atoms with Crippen molar-refractivity contribution in [2.75, 3.05) is 32.7 Å². The second-order valence-electron chi connectivity index (χ2n) is 8.32. The van der Waals surface area contributed by atoms with E-state index in [-0.39, 0.29) is 24.2 Å². The third-order valence-corrected chi connectivity index (χ3v) is 6.34. The largest absolute Gasteiger partial charge is 0.353 e. The molecular weight excluding hydrogens is 374 g/mol. The molecule has 1 N–H and O–H groups in total. The summed E-state index contributed by atoms with van der Waals surface area (Å²) in [5.41, 5.74) is 2.46. The molecule has 2 aromatic carbocycles. The van der Waals surface area contributed by atoms with Crippen LogP contribution in [0.25, 0.3) is 0 Å². The van der Waals surface area contributed by atoms with E-state index in [0.717, 1.165) is 39.0 Å². The lowest BCUT2D eigenvalue weighted by molar-refractivity contribution is -0.139. The van der Waals surface area contributed by atoms with Gasteiger partial charge in [-0.1, -0.05) is 60.7 Å². The molecule has 2 amide bonds. The van der Waals surface area contributed by atoms with E-state index >= 15 is 0 Å². The predicted octanol–water partition coefficient (Wildman–Crippen LogP) is 3.02. The molecule has 0 radical (unpaired) electrons. The van der Waals surface area contributed by atoms with Gasteiger partial charge >= 0.3 is 0 Å². The summed E-state index contributed by atoms with van der Waals surface area (Å²) in [6.07, 6.45) is 3.59. The summed E-state index contributed by atoms with van der Waals surface area (Å²) in [4.78, 5) is 29.8. The number of likely N-dealkylation sites (tertiary alicyclic amines) is 1. The summed E-state index contributed by atoms with van der Waals surface area (Å²) in [5, 5.41) is 2.97. The second-order valence-corrected chi connectivity index (χ2v) is 8.32. The minimum absolute atomic E-state index is 0.0218. The highest BCUT2D eigenvalue weighted by Gasteiger charge is 2.34. The third kappa shape index (κ3) is 4.90. The fraction of sp³-hybridized carbons (Fsp3) is 0.440. The first-order chi connectivity index (χ1) is 14.7. The summed E-state index contributed by atoms with van der Waals surface area (Å²) in [7, 11) is 0. The van der Waals surface area contributed by atoms with Crippen LogP contribution in [-0.2, 0) is 9.59 Å². The normalized spacial score (nSPS) is 20.2. The predicted molar refractivity (Wildman–Crippen MR) is 118 cm³/mol. The van der Waals surface area contributed by atoms with E-state index in [9.17, 15) is 9.59 Å². The van der Waals surface area contributed by atoms with Crippen molar-refractivity contribution in [3.63, 3.8) is 0 Å². The van der Waals surface area contributed by atoms with Gasteiger partial charge in [0.05, 0.1) is 12.5 Å².